The van der Waals surface area contributed by atoms with Crippen LogP contribution < -0.4 is 0 Å². The maximum atomic E-state index is 13.2. The molecule has 3 rings (SSSR count). The fraction of sp³-hybridized carbons (Fsp3) is 0.316. The first-order valence-corrected chi connectivity index (χ1v) is 8.22. The summed E-state index contributed by atoms with van der Waals surface area (Å²) in [4.78, 5) is 7.68. The van der Waals surface area contributed by atoms with Crippen LogP contribution in [0.3, 0.4) is 0 Å². The third kappa shape index (κ3) is 3.62. The molecule has 0 amide bonds. The van der Waals surface area contributed by atoms with Crippen molar-refractivity contribution < 1.29 is 17.6 Å². The van der Waals surface area contributed by atoms with E-state index in [0.29, 0.717) is 11.6 Å². The van der Waals surface area contributed by atoms with Gasteiger partial charge in [-0.3, -0.25) is 0 Å². The van der Waals surface area contributed by atoms with Crippen molar-refractivity contribution in [3.05, 3.63) is 53.3 Å². The van der Waals surface area contributed by atoms with Crippen molar-refractivity contribution in [1.29, 1.82) is 0 Å². The number of halogens is 3. The van der Waals surface area contributed by atoms with Gasteiger partial charge in [-0.25, -0.2) is 4.98 Å². The third-order valence-electron chi connectivity index (χ3n) is 4.09. The summed E-state index contributed by atoms with van der Waals surface area (Å²) in [5.41, 5.74) is 1.23. The predicted octanol–water partition coefficient (Wildman–Crippen LogP) is 6.01. The second-order valence-corrected chi connectivity index (χ2v) is 5.97. The van der Waals surface area contributed by atoms with E-state index in [4.69, 9.17) is 4.42 Å². The molecule has 0 unspecified atom stereocenters. The minimum Gasteiger partial charge on any atom is -0.453 e. The van der Waals surface area contributed by atoms with Crippen LogP contribution in [0.15, 0.2) is 40.8 Å². The second kappa shape index (κ2) is 6.78. The molecule has 1 N–H and O–H groups in total. The molecular weight excluding hydrogens is 329 g/mol. The Balaban J connectivity index is 1.94. The van der Waals surface area contributed by atoms with Crippen molar-refractivity contribution in [2.45, 2.75) is 39.3 Å². The lowest BCUT2D eigenvalue weighted by atomic mass is 10.1. The number of aryl methyl sites for hydroxylation is 2. The van der Waals surface area contributed by atoms with Crippen LogP contribution in [0.5, 0.6) is 0 Å². The Hall–Kier alpha value is -2.50. The highest BCUT2D eigenvalue weighted by Crippen LogP contribution is 2.38. The summed E-state index contributed by atoms with van der Waals surface area (Å²) in [5.74, 6) is 1.14. The largest absolute Gasteiger partial charge is 0.453 e. The van der Waals surface area contributed by atoms with Crippen LogP contribution in [-0.2, 0) is 12.6 Å². The molecule has 0 aliphatic carbocycles. The SMILES string of the molecule is CCCCc1nc(-c2ccc(-c3ccccc3C(F)(F)F)o2)[nH]c1C. The molecule has 1 aromatic carbocycles. The molecule has 0 bridgehead atoms. The summed E-state index contributed by atoms with van der Waals surface area (Å²) in [7, 11) is 0. The van der Waals surface area contributed by atoms with Crippen LogP contribution in [0.1, 0.15) is 36.7 Å². The summed E-state index contributed by atoms with van der Waals surface area (Å²) in [5, 5.41) is 0. The standard InChI is InChI=1S/C19H19F3N2O/c1-3-4-9-15-12(2)23-18(24-15)17-11-10-16(25-17)13-7-5-6-8-14(13)19(20,21)22/h5-8,10-11H,3-4,9H2,1-2H3,(H,23,24). The van der Waals surface area contributed by atoms with E-state index < -0.39 is 11.7 Å². The third-order valence-corrected chi connectivity index (χ3v) is 4.09. The average Bonchev–Trinajstić information content (AvgIpc) is 3.19. The number of rotatable bonds is 5. The first-order valence-electron chi connectivity index (χ1n) is 8.22. The molecule has 0 saturated carbocycles. The molecule has 132 valence electrons. The molecule has 0 radical (unpaired) electrons. The monoisotopic (exact) mass is 348 g/mol. The molecule has 0 aliphatic rings. The van der Waals surface area contributed by atoms with Crippen molar-refractivity contribution in [3.63, 3.8) is 0 Å². The maximum absolute atomic E-state index is 13.2. The van der Waals surface area contributed by atoms with E-state index in [9.17, 15) is 13.2 Å². The number of hydrogen-bond acceptors (Lipinski definition) is 2. The summed E-state index contributed by atoms with van der Waals surface area (Å²) in [6.45, 7) is 4.05. The molecule has 0 spiro atoms. The predicted molar refractivity (Wildman–Crippen MR) is 90.1 cm³/mol. The quantitative estimate of drug-likeness (QED) is 0.614. The van der Waals surface area contributed by atoms with Crippen molar-refractivity contribution in [3.8, 4) is 22.9 Å². The van der Waals surface area contributed by atoms with Gasteiger partial charge < -0.3 is 9.40 Å². The van der Waals surface area contributed by atoms with Gasteiger partial charge in [0.25, 0.3) is 0 Å². The molecule has 3 aromatic rings. The number of imidazole rings is 1. The topological polar surface area (TPSA) is 41.8 Å². The number of alkyl halides is 3. The van der Waals surface area contributed by atoms with Crippen LogP contribution in [0.4, 0.5) is 13.2 Å². The van der Waals surface area contributed by atoms with Gasteiger partial charge in [-0.2, -0.15) is 13.2 Å². The Bertz CT molecular complexity index is 862. The number of nitrogens with zero attached hydrogens (tertiary/aromatic N) is 1. The second-order valence-electron chi connectivity index (χ2n) is 5.97. The number of unbranched alkanes of at least 4 members (excludes halogenated alkanes) is 1. The minimum atomic E-state index is -4.43. The molecule has 3 nitrogen and oxygen atoms in total. The van der Waals surface area contributed by atoms with Crippen LogP contribution in [0.25, 0.3) is 22.9 Å². The Morgan fingerprint density at radius 1 is 1.08 bits per heavy atom. The smallest absolute Gasteiger partial charge is 0.417 e. The van der Waals surface area contributed by atoms with Gasteiger partial charge in [0.1, 0.15) is 5.76 Å². The van der Waals surface area contributed by atoms with Gasteiger partial charge in [-0.1, -0.05) is 31.5 Å². The number of nitrogens with one attached hydrogen (secondary N) is 1. The van der Waals surface area contributed by atoms with E-state index >= 15 is 0 Å². The lowest BCUT2D eigenvalue weighted by Gasteiger charge is -2.10. The number of aromatic amines is 1. The molecule has 0 fully saturated rings. The van der Waals surface area contributed by atoms with E-state index in [1.807, 2.05) is 6.92 Å². The van der Waals surface area contributed by atoms with Crippen molar-refractivity contribution >= 4 is 0 Å². The van der Waals surface area contributed by atoms with Gasteiger partial charge >= 0.3 is 6.18 Å². The number of benzene rings is 1. The molecule has 2 heterocycles. The number of hydrogen-bond donors (Lipinski definition) is 1. The van der Waals surface area contributed by atoms with Gasteiger partial charge in [0.15, 0.2) is 11.6 Å². The summed E-state index contributed by atoms with van der Waals surface area (Å²) >= 11 is 0. The Morgan fingerprint density at radius 2 is 1.80 bits per heavy atom. The normalized spacial score (nSPS) is 11.9. The summed E-state index contributed by atoms with van der Waals surface area (Å²) in [6, 6.07) is 8.58. The molecule has 6 heteroatoms. The first-order chi connectivity index (χ1) is 11.9. The fourth-order valence-electron chi connectivity index (χ4n) is 2.76. The van der Waals surface area contributed by atoms with E-state index in [0.717, 1.165) is 36.7 Å². The van der Waals surface area contributed by atoms with Gasteiger partial charge in [0.2, 0.25) is 0 Å². The van der Waals surface area contributed by atoms with Gasteiger partial charge in [-0.05, 0) is 38.0 Å². The molecule has 0 aliphatic heterocycles. The van der Waals surface area contributed by atoms with Crippen LogP contribution >= 0.6 is 0 Å². The highest BCUT2D eigenvalue weighted by Gasteiger charge is 2.34. The van der Waals surface area contributed by atoms with Crippen molar-refractivity contribution in [1.82, 2.24) is 9.97 Å². The first kappa shape index (κ1) is 17.3. The zero-order valence-corrected chi connectivity index (χ0v) is 14.1. The van der Waals surface area contributed by atoms with Gasteiger partial charge in [0.05, 0.1) is 11.3 Å². The average molecular weight is 348 g/mol. The zero-order valence-electron chi connectivity index (χ0n) is 14.1. The van der Waals surface area contributed by atoms with Crippen LogP contribution in [0, 0.1) is 6.92 Å². The summed E-state index contributed by atoms with van der Waals surface area (Å²) < 4.78 is 45.2. The van der Waals surface area contributed by atoms with E-state index in [1.165, 1.54) is 12.1 Å². The van der Waals surface area contributed by atoms with Gasteiger partial charge in [-0.15, -0.1) is 0 Å². The molecule has 25 heavy (non-hydrogen) atoms. The van der Waals surface area contributed by atoms with Crippen LogP contribution in [-0.4, -0.2) is 9.97 Å². The van der Waals surface area contributed by atoms with Crippen molar-refractivity contribution in [2.75, 3.05) is 0 Å². The van der Waals surface area contributed by atoms with Crippen LogP contribution in [0.2, 0.25) is 0 Å². The highest BCUT2D eigenvalue weighted by atomic mass is 19.4. The van der Waals surface area contributed by atoms with E-state index in [1.54, 1.807) is 18.2 Å². The summed E-state index contributed by atoms with van der Waals surface area (Å²) in [6.07, 6.45) is -1.46. The van der Waals surface area contributed by atoms with E-state index in [2.05, 4.69) is 16.9 Å². The fourth-order valence-corrected chi connectivity index (χ4v) is 2.76. The van der Waals surface area contributed by atoms with Crippen molar-refractivity contribution in [2.24, 2.45) is 0 Å². The van der Waals surface area contributed by atoms with Gasteiger partial charge in [0, 0.05) is 11.3 Å². The number of furan rings is 1. The Morgan fingerprint density at radius 3 is 2.52 bits per heavy atom. The molecule has 0 saturated heterocycles. The molecular formula is C19H19F3N2O. The Labute approximate surface area is 143 Å². The Kier molecular flexibility index (Phi) is 4.70. The number of aromatic nitrogens is 2. The van der Waals surface area contributed by atoms with E-state index in [-0.39, 0.29) is 11.3 Å². The molecule has 2 aromatic heterocycles. The lowest BCUT2D eigenvalue weighted by molar-refractivity contribution is -0.137. The maximum Gasteiger partial charge on any atom is 0.417 e. The minimum absolute atomic E-state index is 0.0238. The lowest BCUT2D eigenvalue weighted by Crippen LogP contribution is -2.06. The number of H-pyrrole nitrogens is 1. The highest BCUT2D eigenvalue weighted by molar-refractivity contribution is 5.66. The molecule has 0 atom stereocenters. The zero-order chi connectivity index (χ0) is 18.0.